The average Bonchev–Trinajstić information content (AvgIpc) is 1.88. The lowest BCUT2D eigenvalue weighted by Gasteiger charge is -2.08. The van der Waals surface area contributed by atoms with Gasteiger partial charge in [-0.3, -0.25) is 4.99 Å². The number of rotatable bonds is 3. The maximum atomic E-state index is 4.13. The molecule has 0 aliphatic rings. The Morgan fingerprint density at radius 2 is 2.00 bits per heavy atom. The van der Waals surface area contributed by atoms with Gasteiger partial charge in [0, 0.05) is 11.9 Å². The van der Waals surface area contributed by atoms with Crippen LogP contribution in [0.4, 0.5) is 0 Å². The molecule has 0 N–H and O–H groups in total. The highest BCUT2D eigenvalue weighted by Gasteiger charge is 2.03. The SMILES string of the molecule is C=C/N=C(C)\C(=C/C)C(C)C. The second-order valence-corrected chi connectivity index (χ2v) is 2.80. The van der Waals surface area contributed by atoms with Crippen molar-refractivity contribution in [2.24, 2.45) is 10.9 Å². The van der Waals surface area contributed by atoms with Crippen LogP contribution in [-0.2, 0) is 0 Å². The minimum atomic E-state index is 0.545. The number of nitrogens with zero attached hydrogens (tertiary/aromatic N) is 1. The Hall–Kier alpha value is -0.850. The zero-order valence-corrected chi connectivity index (χ0v) is 7.89. The summed E-state index contributed by atoms with van der Waals surface area (Å²) in [4.78, 5) is 4.13. The van der Waals surface area contributed by atoms with Gasteiger partial charge in [-0.05, 0) is 25.3 Å². The summed E-state index contributed by atoms with van der Waals surface area (Å²) in [5.74, 6) is 0.545. The lowest BCUT2D eigenvalue weighted by atomic mass is 9.99. The van der Waals surface area contributed by atoms with E-state index in [0.717, 1.165) is 5.71 Å². The van der Waals surface area contributed by atoms with Crippen molar-refractivity contribution in [1.29, 1.82) is 0 Å². The lowest BCUT2D eigenvalue weighted by Crippen LogP contribution is -2.03. The van der Waals surface area contributed by atoms with Crippen molar-refractivity contribution in [2.45, 2.75) is 27.7 Å². The molecule has 0 unspecified atom stereocenters. The van der Waals surface area contributed by atoms with E-state index in [9.17, 15) is 0 Å². The molecule has 0 aromatic carbocycles. The number of aliphatic imine (C=N–C) groups is 1. The van der Waals surface area contributed by atoms with E-state index in [4.69, 9.17) is 0 Å². The summed E-state index contributed by atoms with van der Waals surface area (Å²) in [6.07, 6.45) is 3.69. The number of hydrogen-bond donors (Lipinski definition) is 0. The Bertz CT molecular complexity index is 185. The third kappa shape index (κ3) is 3.17. The molecular formula is C10H17N. The summed E-state index contributed by atoms with van der Waals surface area (Å²) in [6, 6.07) is 0. The van der Waals surface area contributed by atoms with E-state index in [0.29, 0.717) is 5.92 Å². The molecule has 0 atom stereocenters. The highest BCUT2D eigenvalue weighted by molar-refractivity contribution is 5.98. The molecule has 0 spiro atoms. The van der Waals surface area contributed by atoms with Crippen LogP contribution in [0, 0.1) is 5.92 Å². The molecule has 0 saturated carbocycles. The minimum Gasteiger partial charge on any atom is -0.262 e. The first-order chi connectivity index (χ1) is 5.13. The maximum absolute atomic E-state index is 4.13. The maximum Gasteiger partial charge on any atom is 0.0403 e. The summed E-state index contributed by atoms with van der Waals surface area (Å²) in [5.41, 5.74) is 2.36. The number of hydrogen-bond acceptors (Lipinski definition) is 1. The summed E-state index contributed by atoms with van der Waals surface area (Å²) < 4.78 is 0. The first-order valence-electron chi connectivity index (χ1n) is 3.95. The van der Waals surface area contributed by atoms with E-state index in [1.807, 2.05) is 13.8 Å². The quantitative estimate of drug-likeness (QED) is 0.549. The van der Waals surface area contributed by atoms with Crippen molar-refractivity contribution in [3.8, 4) is 0 Å². The molecule has 0 bridgehead atoms. The molecule has 11 heavy (non-hydrogen) atoms. The summed E-state index contributed by atoms with van der Waals surface area (Å²) in [6.45, 7) is 11.9. The minimum absolute atomic E-state index is 0.545. The highest BCUT2D eigenvalue weighted by atomic mass is 14.7. The Labute approximate surface area is 69.5 Å². The first kappa shape index (κ1) is 10.2. The molecular weight excluding hydrogens is 134 g/mol. The molecule has 1 nitrogen and oxygen atoms in total. The molecule has 0 heterocycles. The average molecular weight is 151 g/mol. The molecule has 0 fully saturated rings. The van der Waals surface area contributed by atoms with Crippen molar-refractivity contribution in [2.75, 3.05) is 0 Å². The Morgan fingerprint density at radius 3 is 2.27 bits per heavy atom. The summed E-state index contributed by atoms with van der Waals surface area (Å²) >= 11 is 0. The third-order valence-corrected chi connectivity index (χ3v) is 1.64. The first-order valence-corrected chi connectivity index (χ1v) is 3.95. The smallest absolute Gasteiger partial charge is 0.0403 e. The van der Waals surface area contributed by atoms with Gasteiger partial charge in [0.2, 0.25) is 0 Å². The van der Waals surface area contributed by atoms with Gasteiger partial charge in [0.1, 0.15) is 0 Å². The van der Waals surface area contributed by atoms with Gasteiger partial charge < -0.3 is 0 Å². The molecule has 0 aliphatic carbocycles. The van der Waals surface area contributed by atoms with Crippen LogP contribution in [0.2, 0.25) is 0 Å². The van der Waals surface area contributed by atoms with E-state index >= 15 is 0 Å². The van der Waals surface area contributed by atoms with Gasteiger partial charge in [0.25, 0.3) is 0 Å². The largest absolute Gasteiger partial charge is 0.262 e. The van der Waals surface area contributed by atoms with Gasteiger partial charge in [-0.1, -0.05) is 26.5 Å². The second-order valence-electron chi connectivity index (χ2n) is 2.80. The van der Waals surface area contributed by atoms with Crippen LogP contribution in [0.5, 0.6) is 0 Å². The van der Waals surface area contributed by atoms with E-state index in [1.165, 1.54) is 5.57 Å². The Morgan fingerprint density at radius 1 is 1.45 bits per heavy atom. The lowest BCUT2D eigenvalue weighted by molar-refractivity contribution is 0.800. The molecule has 0 rings (SSSR count). The van der Waals surface area contributed by atoms with E-state index < -0.39 is 0 Å². The van der Waals surface area contributed by atoms with Crippen LogP contribution in [0.25, 0.3) is 0 Å². The summed E-state index contributed by atoms with van der Waals surface area (Å²) in [7, 11) is 0. The predicted octanol–water partition coefficient (Wildman–Crippen LogP) is 3.19. The monoisotopic (exact) mass is 151 g/mol. The van der Waals surface area contributed by atoms with Crippen molar-refractivity contribution in [1.82, 2.24) is 0 Å². The van der Waals surface area contributed by atoms with Gasteiger partial charge >= 0.3 is 0 Å². The number of allylic oxidation sites excluding steroid dienone is 2. The fourth-order valence-corrected chi connectivity index (χ4v) is 1.17. The van der Waals surface area contributed by atoms with Crippen LogP contribution < -0.4 is 0 Å². The van der Waals surface area contributed by atoms with Crippen molar-refractivity contribution in [3.63, 3.8) is 0 Å². The van der Waals surface area contributed by atoms with Crippen LogP contribution >= 0.6 is 0 Å². The zero-order valence-electron chi connectivity index (χ0n) is 7.89. The van der Waals surface area contributed by atoms with Gasteiger partial charge in [-0.2, -0.15) is 0 Å². The van der Waals surface area contributed by atoms with Crippen LogP contribution in [0.1, 0.15) is 27.7 Å². The van der Waals surface area contributed by atoms with E-state index in [1.54, 1.807) is 6.20 Å². The second kappa shape index (κ2) is 4.89. The Balaban J connectivity index is 4.53. The zero-order chi connectivity index (χ0) is 8.85. The molecule has 0 aliphatic heterocycles. The molecule has 62 valence electrons. The van der Waals surface area contributed by atoms with Gasteiger partial charge in [0.15, 0.2) is 0 Å². The predicted molar refractivity (Wildman–Crippen MR) is 51.9 cm³/mol. The van der Waals surface area contributed by atoms with Crippen molar-refractivity contribution in [3.05, 3.63) is 24.4 Å². The third-order valence-electron chi connectivity index (χ3n) is 1.64. The van der Waals surface area contributed by atoms with Crippen LogP contribution in [0.3, 0.4) is 0 Å². The molecule has 1 heteroatoms. The van der Waals surface area contributed by atoms with E-state index in [-0.39, 0.29) is 0 Å². The normalized spacial score (nSPS) is 13.9. The molecule has 0 aromatic rings. The van der Waals surface area contributed by atoms with Crippen molar-refractivity contribution >= 4 is 5.71 Å². The van der Waals surface area contributed by atoms with Gasteiger partial charge in [0.05, 0.1) is 0 Å². The fourth-order valence-electron chi connectivity index (χ4n) is 1.17. The van der Waals surface area contributed by atoms with Gasteiger partial charge in [-0.25, -0.2) is 0 Å². The Kier molecular flexibility index (Phi) is 4.51. The molecule has 0 amide bonds. The highest BCUT2D eigenvalue weighted by Crippen LogP contribution is 2.11. The van der Waals surface area contributed by atoms with Crippen LogP contribution in [-0.4, -0.2) is 5.71 Å². The summed E-state index contributed by atoms with van der Waals surface area (Å²) in [5, 5.41) is 0. The molecule has 0 radical (unpaired) electrons. The molecule has 0 aromatic heterocycles. The fraction of sp³-hybridized carbons (Fsp3) is 0.500. The standard InChI is InChI=1S/C10H17N/c1-6-10(8(3)4)9(5)11-7-2/h6-8H,2H2,1,3-5H3/b10-6-,11-9-. The molecule has 0 saturated heterocycles. The van der Waals surface area contributed by atoms with Crippen molar-refractivity contribution < 1.29 is 0 Å². The van der Waals surface area contributed by atoms with Crippen LogP contribution in [0.15, 0.2) is 29.4 Å². The van der Waals surface area contributed by atoms with Gasteiger partial charge in [-0.15, -0.1) is 0 Å². The van der Waals surface area contributed by atoms with E-state index in [2.05, 4.69) is 31.5 Å². The topological polar surface area (TPSA) is 12.4 Å².